The fourth-order valence-corrected chi connectivity index (χ4v) is 1.48. The van der Waals surface area contributed by atoms with E-state index in [1.54, 1.807) is 6.92 Å². The molecular formula is C12H18F6O2. The third-order valence-corrected chi connectivity index (χ3v) is 2.72. The van der Waals surface area contributed by atoms with Gasteiger partial charge in [-0.1, -0.05) is 18.9 Å². The van der Waals surface area contributed by atoms with E-state index in [1.165, 1.54) is 0 Å². The van der Waals surface area contributed by atoms with Crippen LogP contribution < -0.4 is 0 Å². The van der Waals surface area contributed by atoms with Crippen molar-refractivity contribution in [1.82, 2.24) is 0 Å². The topological polar surface area (TPSA) is 40.5 Å². The van der Waals surface area contributed by atoms with Gasteiger partial charge in [0.1, 0.15) is 0 Å². The third kappa shape index (κ3) is 5.70. The molecule has 0 aromatic heterocycles. The molecule has 2 N–H and O–H groups in total. The van der Waals surface area contributed by atoms with E-state index in [-0.39, 0.29) is 12.5 Å². The molecule has 0 fully saturated rings. The SMILES string of the molecule is CC(O)CCCCC/C=C/C(O)(C(F)(F)F)C(F)(F)F. The van der Waals surface area contributed by atoms with Gasteiger partial charge in [0, 0.05) is 0 Å². The highest BCUT2D eigenvalue weighted by molar-refractivity contribution is 5.10. The van der Waals surface area contributed by atoms with Crippen molar-refractivity contribution in [3.63, 3.8) is 0 Å². The summed E-state index contributed by atoms with van der Waals surface area (Å²) in [5, 5.41) is 17.7. The average molecular weight is 308 g/mol. The Balaban J connectivity index is 4.38. The molecule has 8 heteroatoms. The maximum atomic E-state index is 12.3. The Labute approximate surface area is 113 Å². The van der Waals surface area contributed by atoms with Crippen molar-refractivity contribution < 1.29 is 36.6 Å². The summed E-state index contributed by atoms with van der Waals surface area (Å²) in [4.78, 5) is 0. The van der Waals surface area contributed by atoms with Gasteiger partial charge in [-0.3, -0.25) is 0 Å². The highest BCUT2D eigenvalue weighted by atomic mass is 19.4. The van der Waals surface area contributed by atoms with E-state index in [9.17, 15) is 26.3 Å². The number of alkyl halides is 6. The summed E-state index contributed by atoms with van der Waals surface area (Å²) < 4.78 is 73.6. The molecule has 0 aromatic carbocycles. The number of hydrogen-bond donors (Lipinski definition) is 2. The van der Waals surface area contributed by atoms with Crippen molar-refractivity contribution in [3.05, 3.63) is 12.2 Å². The molecule has 0 spiro atoms. The molecule has 120 valence electrons. The zero-order valence-corrected chi connectivity index (χ0v) is 10.9. The van der Waals surface area contributed by atoms with Crippen molar-refractivity contribution in [2.24, 2.45) is 0 Å². The summed E-state index contributed by atoms with van der Waals surface area (Å²) in [5.74, 6) is 0. The van der Waals surface area contributed by atoms with Crippen LogP contribution in [0.5, 0.6) is 0 Å². The van der Waals surface area contributed by atoms with Crippen LogP contribution in [-0.2, 0) is 0 Å². The number of hydrogen-bond acceptors (Lipinski definition) is 2. The van der Waals surface area contributed by atoms with E-state index >= 15 is 0 Å². The Morgan fingerprint density at radius 3 is 1.85 bits per heavy atom. The summed E-state index contributed by atoms with van der Waals surface area (Å²) in [6.07, 6.45) is -9.55. The number of aliphatic hydroxyl groups excluding tert-OH is 1. The van der Waals surface area contributed by atoms with Crippen molar-refractivity contribution in [2.45, 2.75) is 63.1 Å². The Hall–Kier alpha value is -0.760. The van der Waals surface area contributed by atoms with E-state index < -0.39 is 24.1 Å². The molecule has 0 aliphatic heterocycles. The highest BCUT2D eigenvalue weighted by Crippen LogP contribution is 2.44. The van der Waals surface area contributed by atoms with Crippen LogP contribution in [0.25, 0.3) is 0 Å². The van der Waals surface area contributed by atoms with Crippen LogP contribution in [0, 0.1) is 0 Å². The van der Waals surface area contributed by atoms with Gasteiger partial charge >= 0.3 is 12.4 Å². The van der Waals surface area contributed by atoms with Crippen molar-refractivity contribution in [1.29, 1.82) is 0 Å². The molecule has 0 aromatic rings. The largest absolute Gasteiger partial charge is 0.429 e. The van der Waals surface area contributed by atoms with Crippen molar-refractivity contribution in [3.8, 4) is 0 Å². The maximum absolute atomic E-state index is 12.3. The number of unbranched alkanes of at least 4 members (excludes halogenated alkanes) is 3. The van der Waals surface area contributed by atoms with Crippen LogP contribution in [-0.4, -0.2) is 34.3 Å². The lowest BCUT2D eigenvalue weighted by atomic mass is 10.0. The van der Waals surface area contributed by atoms with Crippen LogP contribution in [0.3, 0.4) is 0 Å². The van der Waals surface area contributed by atoms with Gasteiger partial charge in [-0.15, -0.1) is 0 Å². The highest BCUT2D eigenvalue weighted by Gasteiger charge is 2.68. The zero-order valence-electron chi connectivity index (χ0n) is 10.9. The quantitative estimate of drug-likeness (QED) is 0.427. The zero-order chi connectivity index (χ0) is 16.0. The first kappa shape index (κ1) is 19.2. The van der Waals surface area contributed by atoms with E-state index in [2.05, 4.69) is 0 Å². The molecule has 1 atom stereocenters. The minimum atomic E-state index is -5.81. The van der Waals surface area contributed by atoms with Crippen LogP contribution >= 0.6 is 0 Å². The molecule has 0 rings (SSSR count). The molecule has 0 saturated carbocycles. The maximum Gasteiger partial charge on any atom is 0.429 e. The van der Waals surface area contributed by atoms with E-state index in [0.717, 1.165) is 0 Å². The van der Waals surface area contributed by atoms with Crippen LogP contribution in [0.1, 0.15) is 39.0 Å². The first-order valence-corrected chi connectivity index (χ1v) is 6.13. The van der Waals surface area contributed by atoms with Gasteiger partial charge in [-0.25, -0.2) is 0 Å². The second-order valence-corrected chi connectivity index (χ2v) is 4.65. The van der Waals surface area contributed by atoms with Gasteiger partial charge in [-0.2, -0.15) is 26.3 Å². The van der Waals surface area contributed by atoms with Gasteiger partial charge in [0.15, 0.2) is 0 Å². The van der Waals surface area contributed by atoms with E-state index in [0.29, 0.717) is 31.8 Å². The average Bonchev–Trinajstić information content (AvgIpc) is 2.23. The molecule has 0 aliphatic rings. The summed E-state index contributed by atoms with van der Waals surface area (Å²) in [6.45, 7) is 1.59. The normalized spacial score (nSPS) is 15.8. The van der Waals surface area contributed by atoms with Crippen molar-refractivity contribution >= 4 is 0 Å². The molecule has 1 unspecified atom stereocenters. The van der Waals surface area contributed by atoms with E-state index in [4.69, 9.17) is 10.2 Å². The number of rotatable bonds is 7. The molecule has 0 amide bonds. The molecule has 0 saturated heterocycles. The second-order valence-electron chi connectivity index (χ2n) is 4.65. The van der Waals surface area contributed by atoms with Crippen LogP contribution in [0.15, 0.2) is 12.2 Å². The van der Waals surface area contributed by atoms with Crippen molar-refractivity contribution in [2.75, 3.05) is 0 Å². The monoisotopic (exact) mass is 308 g/mol. The summed E-state index contributed by atoms with van der Waals surface area (Å²) in [6, 6.07) is 0. The van der Waals surface area contributed by atoms with E-state index in [1.807, 2.05) is 0 Å². The molecule has 0 radical (unpaired) electrons. The van der Waals surface area contributed by atoms with Gasteiger partial charge in [0.2, 0.25) is 0 Å². The van der Waals surface area contributed by atoms with Gasteiger partial charge < -0.3 is 10.2 Å². The molecule has 0 bridgehead atoms. The molecule has 0 heterocycles. The smallest absolute Gasteiger partial charge is 0.393 e. The summed E-state index contributed by atoms with van der Waals surface area (Å²) in [5.41, 5.74) is -4.81. The van der Waals surface area contributed by atoms with Crippen LogP contribution in [0.4, 0.5) is 26.3 Å². The standard InChI is InChI=1S/C12H18F6O2/c1-9(19)7-5-3-2-4-6-8-10(20,11(13,14)15)12(16,17)18/h6,8-9,19-20H,2-5,7H2,1H3/b8-6+. The Morgan fingerprint density at radius 1 is 0.950 bits per heavy atom. The first-order valence-electron chi connectivity index (χ1n) is 6.13. The fraction of sp³-hybridized carbons (Fsp3) is 0.833. The van der Waals surface area contributed by atoms with Crippen LogP contribution in [0.2, 0.25) is 0 Å². The van der Waals surface area contributed by atoms with Gasteiger partial charge in [-0.05, 0) is 32.3 Å². The minimum Gasteiger partial charge on any atom is -0.393 e. The first-order chi connectivity index (χ1) is 8.92. The number of allylic oxidation sites excluding steroid dienone is 1. The van der Waals surface area contributed by atoms with Gasteiger partial charge in [0.05, 0.1) is 6.10 Å². The predicted molar refractivity (Wildman–Crippen MR) is 61.0 cm³/mol. The summed E-state index contributed by atoms with van der Waals surface area (Å²) in [7, 11) is 0. The number of halogens is 6. The minimum absolute atomic E-state index is 0.00568. The molecule has 0 aliphatic carbocycles. The molecule has 20 heavy (non-hydrogen) atoms. The third-order valence-electron chi connectivity index (χ3n) is 2.72. The number of aliphatic hydroxyl groups is 2. The lowest BCUT2D eigenvalue weighted by molar-refractivity contribution is -0.347. The Kier molecular flexibility index (Phi) is 7.03. The molecule has 2 nitrogen and oxygen atoms in total. The Morgan fingerprint density at radius 2 is 1.45 bits per heavy atom. The van der Waals surface area contributed by atoms with Gasteiger partial charge in [0.25, 0.3) is 5.60 Å². The predicted octanol–water partition coefficient (Wildman–Crippen LogP) is 3.73. The summed E-state index contributed by atoms with van der Waals surface area (Å²) >= 11 is 0. The molecular weight excluding hydrogens is 290 g/mol. The fourth-order valence-electron chi connectivity index (χ4n) is 1.48. The Bertz CT molecular complexity index is 292. The lowest BCUT2D eigenvalue weighted by Crippen LogP contribution is -2.55. The lowest BCUT2D eigenvalue weighted by Gasteiger charge is -2.29. The second kappa shape index (κ2) is 7.31.